The van der Waals surface area contributed by atoms with Crippen LogP contribution in [-0.2, 0) is 0 Å². The van der Waals surface area contributed by atoms with Crippen LogP contribution in [0.4, 0.5) is 5.82 Å². The fourth-order valence-corrected chi connectivity index (χ4v) is 4.83. The number of hydrogen-bond acceptors (Lipinski definition) is 3. The summed E-state index contributed by atoms with van der Waals surface area (Å²) < 4.78 is 0. The number of pyridine rings is 2. The molecule has 176 valence electrons. The zero-order valence-electron chi connectivity index (χ0n) is 20.3. The van der Waals surface area contributed by atoms with Crippen LogP contribution in [0.3, 0.4) is 0 Å². The molecule has 0 spiro atoms. The van der Waals surface area contributed by atoms with Gasteiger partial charge in [-0.25, -0.2) is 4.98 Å². The first-order valence-electron chi connectivity index (χ1n) is 12.2. The van der Waals surface area contributed by atoms with Crippen molar-refractivity contribution in [2.45, 2.75) is 0 Å². The number of hydrogen-bond donors (Lipinski definition) is 0. The Morgan fingerprint density at radius 2 is 1.05 bits per heavy atom. The second-order valence-electron chi connectivity index (χ2n) is 8.92. The van der Waals surface area contributed by atoms with Gasteiger partial charge < -0.3 is 4.85 Å². The molecule has 0 N–H and O–H groups in total. The summed E-state index contributed by atoms with van der Waals surface area (Å²) in [6.07, 6.45) is 3.35. The van der Waals surface area contributed by atoms with Crippen LogP contribution < -0.4 is 0 Å². The SMILES string of the molecule is [C-]#[N+]c1cc(-c2ccc(-c3cccc4c(-c5ccc(-c6ccnc(C#N)c6)cc5)cccc34)cc2)ccn1. The Labute approximate surface area is 221 Å². The van der Waals surface area contributed by atoms with Crippen molar-refractivity contribution in [3.05, 3.63) is 139 Å². The average molecular weight is 485 g/mol. The second-order valence-corrected chi connectivity index (χ2v) is 8.92. The standard InChI is InChI=1S/C34H20N4/c1-36-34-21-28(17-19-38-34)24-10-14-26(15-11-24)31-5-3-6-32-30(4-2-7-33(31)32)25-12-8-23(9-13-25)27-16-18-37-29(20-27)22-35/h2-21H. The van der Waals surface area contributed by atoms with Crippen LogP contribution in [0.2, 0.25) is 0 Å². The van der Waals surface area contributed by atoms with E-state index in [-0.39, 0.29) is 0 Å². The van der Waals surface area contributed by atoms with E-state index in [1.54, 1.807) is 12.4 Å². The first kappa shape index (κ1) is 22.9. The molecule has 0 fully saturated rings. The largest absolute Gasteiger partial charge is 0.361 e. The van der Waals surface area contributed by atoms with Gasteiger partial charge in [-0.2, -0.15) is 5.26 Å². The quantitative estimate of drug-likeness (QED) is 0.235. The van der Waals surface area contributed by atoms with Crippen LogP contribution in [0.1, 0.15) is 5.69 Å². The Kier molecular flexibility index (Phi) is 5.91. The lowest BCUT2D eigenvalue weighted by molar-refractivity contribution is 1.26. The molecule has 0 bridgehead atoms. The number of nitrogens with zero attached hydrogens (tertiary/aromatic N) is 4. The van der Waals surface area contributed by atoms with Crippen LogP contribution in [0.15, 0.2) is 122 Å². The van der Waals surface area contributed by atoms with E-state index in [0.717, 1.165) is 33.4 Å². The van der Waals surface area contributed by atoms with Gasteiger partial charge in [-0.05, 0) is 79.5 Å². The van der Waals surface area contributed by atoms with Crippen molar-refractivity contribution in [3.8, 4) is 50.6 Å². The third-order valence-corrected chi connectivity index (χ3v) is 6.72. The third-order valence-electron chi connectivity index (χ3n) is 6.72. The van der Waals surface area contributed by atoms with Gasteiger partial charge in [0, 0.05) is 6.20 Å². The van der Waals surface area contributed by atoms with Crippen LogP contribution in [0, 0.1) is 17.9 Å². The van der Waals surface area contributed by atoms with E-state index in [9.17, 15) is 0 Å². The van der Waals surface area contributed by atoms with Gasteiger partial charge in [-0.3, -0.25) is 0 Å². The van der Waals surface area contributed by atoms with Gasteiger partial charge in [-0.1, -0.05) is 91.5 Å². The van der Waals surface area contributed by atoms with Crippen LogP contribution in [0.5, 0.6) is 0 Å². The van der Waals surface area contributed by atoms with Gasteiger partial charge in [0.2, 0.25) is 0 Å². The summed E-state index contributed by atoms with van der Waals surface area (Å²) in [5.74, 6) is 0.397. The average Bonchev–Trinajstić information content (AvgIpc) is 3.00. The number of nitriles is 1. The monoisotopic (exact) mass is 484 g/mol. The van der Waals surface area contributed by atoms with E-state index in [1.165, 1.54) is 21.9 Å². The first-order valence-corrected chi connectivity index (χ1v) is 12.2. The van der Waals surface area contributed by atoms with Crippen LogP contribution in [0.25, 0.3) is 60.1 Å². The van der Waals surface area contributed by atoms with E-state index >= 15 is 0 Å². The Morgan fingerprint density at radius 1 is 0.553 bits per heavy atom. The molecule has 4 heteroatoms. The molecule has 38 heavy (non-hydrogen) atoms. The second kappa shape index (κ2) is 9.82. The fraction of sp³-hybridized carbons (Fsp3) is 0. The molecule has 0 saturated heterocycles. The molecule has 4 aromatic carbocycles. The highest BCUT2D eigenvalue weighted by Crippen LogP contribution is 2.36. The Hall–Kier alpha value is -5.58. The van der Waals surface area contributed by atoms with Gasteiger partial charge in [0.05, 0.1) is 0 Å². The number of fused-ring (bicyclic) bond motifs is 1. The van der Waals surface area contributed by atoms with Crippen molar-refractivity contribution < 1.29 is 0 Å². The minimum atomic E-state index is 0.397. The molecule has 2 aromatic heterocycles. The van der Waals surface area contributed by atoms with Crippen molar-refractivity contribution in [3.63, 3.8) is 0 Å². The Bertz CT molecular complexity index is 1730. The molecular weight excluding hydrogens is 464 g/mol. The Morgan fingerprint density at radius 3 is 1.58 bits per heavy atom. The van der Waals surface area contributed by atoms with Gasteiger partial charge >= 0.3 is 0 Å². The van der Waals surface area contributed by atoms with Gasteiger partial charge in [0.1, 0.15) is 18.0 Å². The number of aromatic nitrogens is 2. The van der Waals surface area contributed by atoms with Gasteiger partial charge in [0.15, 0.2) is 0 Å². The Balaban J connectivity index is 1.36. The number of benzene rings is 4. The van der Waals surface area contributed by atoms with E-state index in [1.807, 2.05) is 24.3 Å². The molecule has 0 amide bonds. The van der Waals surface area contributed by atoms with Crippen molar-refractivity contribution in [2.75, 3.05) is 0 Å². The van der Waals surface area contributed by atoms with E-state index in [4.69, 9.17) is 11.8 Å². The molecular formula is C34H20N4. The normalized spacial score (nSPS) is 10.6. The lowest BCUT2D eigenvalue weighted by Crippen LogP contribution is -1.87. The first-order chi connectivity index (χ1) is 18.7. The molecule has 0 atom stereocenters. The summed E-state index contributed by atoms with van der Waals surface area (Å²) in [6, 6.07) is 39.3. The molecule has 6 aromatic rings. The van der Waals surface area contributed by atoms with E-state index in [2.05, 4.69) is 106 Å². The predicted molar refractivity (Wildman–Crippen MR) is 152 cm³/mol. The minimum absolute atomic E-state index is 0.397. The molecule has 0 radical (unpaired) electrons. The molecule has 6 rings (SSSR count). The van der Waals surface area contributed by atoms with Crippen molar-refractivity contribution in [2.24, 2.45) is 0 Å². The maximum Gasteiger partial charge on any atom is 0.270 e. The number of rotatable bonds is 4. The van der Waals surface area contributed by atoms with Crippen molar-refractivity contribution in [1.29, 1.82) is 5.26 Å². The van der Waals surface area contributed by atoms with Crippen LogP contribution >= 0.6 is 0 Å². The summed E-state index contributed by atoms with van der Waals surface area (Å²) in [7, 11) is 0. The summed E-state index contributed by atoms with van der Waals surface area (Å²) in [5.41, 5.74) is 9.08. The molecule has 0 unspecified atom stereocenters. The zero-order valence-corrected chi connectivity index (χ0v) is 20.3. The molecule has 0 aliphatic carbocycles. The van der Waals surface area contributed by atoms with E-state index < -0.39 is 0 Å². The maximum atomic E-state index is 9.17. The van der Waals surface area contributed by atoms with Gasteiger partial charge in [0.25, 0.3) is 5.82 Å². The lowest BCUT2D eigenvalue weighted by Gasteiger charge is -2.12. The molecule has 0 aliphatic heterocycles. The maximum absolute atomic E-state index is 9.17. The van der Waals surface area contributed by atoms with Crippen molar-refractivity contribution in [1.82, 2.24) is 9.97 Å². The highest BCUT2D eigenvalue weighted by atomic mass is 14.8. The molecule has 0 saturated carbocycles. The van der Waals surface area contributed by atoms with Gasteiger partial charge in [-0.15, -0.1) is 4.98 Å². The molecule has 2 heterocycles. The summed E-state index contributed by atoms with van der Waals surface area (Å²) in [5, 5.41) is 11.5. The highest BCUT2D eigenvalue weighted by Gasteiger charge is 2.10. The summed E-state index contributed by atoms with van der Waals surface area (Å²) in [4.78, 5) is 11.6. The fourth-order valence-electron chi connectivity index (χ4n) is 4.83. The van der Waals surface area contributed by atoms with E-state index in [0.29, 0.717) is 11.5 Å². The lowest BCUT2D eigenvalue weighted by atomic mass is 9.92. The highest BCUT2D eigenvalue weighted by molar-refractivity contribution is 6.04. The summed E-state index contributed by atoms with van der Waals surface area (Å²) in [6.45, 7) is 7.22. The summed E-state index contributed by atoms with van der Waals surface area (Å²) >= 11 is 0. The third kappa shape index (κ3) is 4.28. The zero-order chi connectivity index (χ0) is 25.9. The predicted octanol–water partition coefficient (Wildman–Crippen LogP) is 8.72. The smallest absolute Gasteiger partial charge is 0.270 e. The van der Waals surface area contributed by atoms with Crippen molar-refractivity contribution >= 4 is 16.6 Å². The topological polar surface area (TPSA) is 53.9 Å². The minimum Gasteiger partial charge on any atom is -0.361 e. The molecule has 0 aliphatic rings. The molecule has 4 nitrogen and oxygen atoms in total. The van der Waals surface area contributed by atoms with Crippen LogP contribution in [-0.4, -0.2) is 9.97 Å².